The first kappa shape index (κ1) is 16.3. The number of carbonyl (C=O) groups excluding carboxylic acids is 2. The summed E-state index contributed by atoms with van der Waals surface area (Å²) in [5.74, 6) is -0.347. The van der Waals surface area contributed by atoms with Gasteiger partial charge in [0.05, 0.1) is 23.4 Å². The van der Waals surface area contributed by atoms with Crippen molar-refractivity contribution in [3.63, 3.8) is 0 Å². The van der Waals surface area contributed by atoms with E-state index in [2.05, 4.69) is 5.32 Å². The Morgan fingerprint density at radius 1 is 1.21 bits per heavy atom. The molecule has 0 saturated heterocycles. The van der Waals surface area contributed by atoms with Gasteiger partial charge in [-0.2, -0.15) is 0 Å². The summed E-state index contributed by atoms with van der Waals surface area (Å²) in [6, 6.07) is 12.0. The third-order valence-corrected chi connectivity index (χ3v) is 5.16. The van der Waals surface area contributed by atoms with Crippen LogP contribution in [0.1, 0.15) is 20.0 Å². The van der Waals surface area contributed by atoms with Gasteiger partial charge in [-0.3, -0.25) is 9.59 Å². The fourth-order valence-electron chi connectivity index (χ4n) is 2.31. The lowest BCUT2D eigenvalue weighted by atomic mass is 10.1. The molecule has 3 rings (SSSR count). The van der Waals surface area contributed by atoms with Gasteiger partial charge in [0.25, 0.3) is 11.8 Å². The van der Waals surface area contributed by atoms with E-state index in [0.717, 1.165) is 10.1 Å². The number of nitrogens with one attached hydrogen (secondary N) is 1. The van der Waals surface area contributed by atoms with Crippen molar-refractivity contribution in [2.24, 2.45) is 5.73 Å². The van der Waals surface area contributed by atoms with Crippen LogP contribution >= 0.6 is 22.9 Å². The average Bonchev–Trinajstić information content (AvgIpc) is 2.91. The molecule has 2 aromatic carbocycles. The second-order valence-electron chi connectivity index (χ2n) is 4.97. The van der Waals surface area contributed by atoms with E-state index in [1.807, 2.05) is 6.07 Å². The van der Waals surface area contributed by atoms with Gasteiger partial charge in [-0.15, -0.1) is 11.3 Å². The number of fused-ring (bicyclic) bond motifs is 1. The Morgan fingerprint density at radius 2 is 1.96 bits per heavy atom. The van der Waals surface area contributed by atoms with Gasteiger partial charge in [0.15, 0.2) is 0 Å². The van der Waals surface area contributed by atoms with E-state index in [1.54, 1.807) is 43.5 Å². The minimum absolute atomic E-state index is 0.241. The topological polar surface area (TPSA) is 81.4 Å². The minimum Gasteiger partial charge on any atom is -0.497 e. The number of benzene rings is 2. The molecule has 24 heavy (non-hydrogen) atoms. The number of hydrogen-bond donors (Lipinski definition) is 2. The van der Waals surface area contributed by atoms with E-state index >= 15 is 0 Å². The molecule has 0 unspecified atom stereocenters. The number of ether oxygens (including phenoxy) is 1. The van der Waals surface area contributed by atoms with Crippen molar-refractivity contribution in [3.05, 3.63) is 57.9 Å². The fourth-order valence-corrected chi connectivity index (χ4v) is 3.69. The number of primary amides is 1. The van der Waals surface area contributed by atoms with Crippen molar-refractivity contribution < 1.29 is 14.3 Å². The molecule has 1 aromatic heterocycles. The summed E-state index contributed by atoms with van der Waals surface area (Å²) in [4.78, 5) is 24.4. The first-order chi connectivity index (χ1) is 11.5. The van der Waals surface area contributed by atoms with Crippen LogP contribution in [-0.4, -0.2) is 18.9 Å². The number of halogens is 1. The smallest absolute Gasteiger partial charge is 0.267 e. The van der Waals surface area contributed by atoms with Gasteiger partial charge in [0.1, 0.15) is 10.6 Å². The standard InChI is InChI=1S/C17H13ClN2O3S/c1-23-9-6-7-13-11(8-9)14(18)15(24-13)17(22)20-12-5-3-2-4-10(12)16(19)21/h2-8H,1H3,(H2,19,21)(H,20,22). The molecule has 7 heteroatoms. The zero-order valence-electron chi connectivity index (χ0n) is 12.6. The van der Waals surface area contributed by atoms with Crippen LogP contribution in [-0.2, 0) is 0 Å². The number of amides is 2. The number of carbonyl (C=O) groups is 2. The van der Waals surface area contributed by atoms with Crippen LogP contribution in [0.15, 0.2) is 42.5 Å². The Balaban J connectivity index is 1.98. The quantitative estimate of drug-likeness (QED) is 0.740. The molecule has 0 fully saturated rings. The van der Waals surface area contributed by atoms with E-state index in [1.165, 1.54) is 11.3 Å². The Kier molecular flexibility index (Phi) is 4.42. The lowest BCUT2D eigenvalue weighted by Crippen LogP contribution is -2.17. The molecule has 0 saturated carbocycles. The number of nitrogens with two attached hydrogens (primary N) is 1. The third-order valence-electron chi connectivity index (χ3n) is 3.48. The van der Waals surface area contributed by atoms with Gasteiger partial charge in [-0.05, 0) is 30.3 Å². The lowest BCUT2D eigenvalue weighted by Gasteiger charge is -2.07. The Labute approximate surface area is 147 Å². The van der Waals surface area contributed by atoms with Crippen molar-refractivity contribution in [3.8, 4) is 5.75 Å². The van der Waals surface area contributed by atoms with Gasteiger partial charge >= 0.3 is 0 Å². The van der Waals surface area contributed by atoms with Gasteiger partial charge < -0.3 is 15.8 Å². The Morgan fingerprint density at radius 3 is 2.67 bits per heavy atom. The molecule has 0 radical (unpaired) electrons. The number of anilines is 1. The molecule has 0 aliphatic carbocycles. The fraction of sp³-hybridized carbons (Fsp3) is 0.0588. The van der Waals surface area contributed by atoms with E-state index < -0.39 is 11.8 Å². The van der Waals surface area contributed by atoms with Crippen molar-refractivity contribution in [2.45, 2.75) is 0 Å². The molecule has 122 valence electrons. The number of methoxy groups -OCH3 is 1. The largest absolute Gasteiger partial charge is 0.497 e. The molecular weight excluding hydrogens is 348 g/mol. The van der Waals surface area contributed by atoms with Crippen LogP contribution in [0.25, 0.3) is 10.1 Å². The number of rotatable bonds is 4. The Bertz CT molecular complexity index is 952. The predicted octanol–water partition coefficient (Wildman–Crippen LogP) is 3.91. The summed E-state index contributed by atoms with van der Waals surface area (Å²) < 4.78 is 6.05. The molecule has 1 heterocycles. The number of thiophene rings is 1. The highest BCUT2D eigenvalue weighted by Gasteiger charge is 2.19. The minimum atomic E-state index is -0.613. The van der Waals surface area contributed by atoms with E-state index in [4.69, 9.17) is 22.1 Å². The van der Waals surface area contributed by atoms with Gasteiger partial charge in [-0.25, -0.2) is 0 Å². The number of hydrogen-bond acceptors (Lipinski definition) is 4. The van der Waals surface area contributed by atoms with Crippen LogP contribution in [0.5, 0.6) is 5.75 Å². The van der Waals surface area contributed by atoms with Gasteiger partial charge in [-0.1, -0.05) is 23.7 Å². The predicted molar refractivity (Wildman–Crippen MR) is 96.3 cm³/mol. The molecular formula is C17H13ClN2O3S. The van der Waals surface area contributed by atoms with Crippen LogP contribution < -0.4 is 15.8 Å². The third kappa shape index (κ3) is 2.93. The summed E-state index contributed by atoms with van der Waals surface area (Å²) in [6.45, 7) is 0. The first-order valence-corrected chi connectivity index (χ1v) is 8.17. The van der Waals surface area contributed by atoms with Crippen molar-refractivity contribution in [1.82, 2.24) is 0 Å². The molecule has 0 aliphatic heterocycles. The van der Waals surface area contributed by atoms with Crippen molar-refractivity contribution in [2.75, 3.05) is 12.4 Å². The molecule has 0 spiro atoms. The maximum atomic E-state index is 12.6. The van der Waals surface area contributed by atoms with Gasteiger partial charge in [0, 0.05) is 10.1 Å². The SMILES string of the molecule is COc1ccc2sc(C(=O)Nc3ccccc3C(N)=O)c(Cl)c2c1. The molecule has 0 atom stereocenters. The normalized spacial score (nSPS) is 10.6. The van der Waals surface area contributed by atoms with Gasteiger partial charge in [0.2, 0.25) is 0 Å². The second-order valence-corrected chi connectivity index (χ2v) is 6.40. The van der Waals surface area contributed by atoms with Crippen LogP contribution in [0.3, 0.4) is 0 Å². The van der Waals surface area contributed by atoms with Crippen molar-refractivity contribution in [1.29, 1.82) is 0 Å². The maximum absolute atomic E-state index is 12.6. The lowest BCUT2D eigenvalue weighted by molar-refractivity contribution is 0.100. The number of para-hydroxylation sites is 1. The van der Waals surface area contributed by atoms with Crippen molar-refractivity contribution >= 4 is 50.5 Å². The molecule has 3 N–H and O–H groups in total. The van der Waals surface area contributed by atoms with Crippen LogP contribution in [0.4, 0.5) is 5.69 Å². The van der Waals surface area contributed by atoms with Crippen LogP contribution in [0.2, 0.25) is 5.02 Å². The van der Waals surface area contributed by atoms with E-state index in [-0.39, 0.29) is 5.56 Å². The zero-order chi connectivity index (χ0) is 17.3. The first-order valence-electron chi connectivity index (χ1n) is 6.97. The summed E-state index contributed by atoms with van der Waals surface area (Å²) in [5.41, 5.74) is 5.91. The summed E-state index contributed by atoms with van der Waals surface area (Å²) in [6.07, 6.45) is 0. The molecule has 0 bridgehead atoms. The van der Waals surface area contributed by atoms with E-state index in [9.17, 15) is 9.59 Å². The summed E-state index contributed by atoms with van der Waals surface area (Å²) in [7, 11) is 1.57. The molecule has 0 aliphatic rings. The molecule has 3 aromatic rings. The highest BCUT2D eigenvalue weighted by Crippen LogP contribution is 2.37. The summed E-state index contributed by atoms with van der Waals surface area (Å²) >= 11 is 7.62. The molecule has 5 nitrogen and oxygen atoms in total. The highest BCUT2D eigenvalue weighted by molar-refractivity contribution is 7.21. The van der Waals surface area contributed by atoms with E-state index in [0.29, 0.717) is 21.3 Å². The Hall–Kier alpha value is -2.57. The van der Waals surface area contributed by atoms with Crippen LogP contribution in [0, 0.1) is 0 Å². The summed E-state index contributed by atoms with van der Waals surface area (Å²) in [5, 5.41) is 3.79. The zero-order valence-corrected chi connectivity index (χ0v) is 14.2. The average molecular weight is 361 g/mol. The second kappa shape index (κ2) is 6.51. The maximum Gasteiger partial charge on any atom is 0.267 e. The monoisotopic (exact) mass is 360 g/mol. The highest BCUT2D eigenvalue weighted by atomic mass is 35.5. The molecule has 2 amide bonds.